The Morgan fingerprint density at radius 3 is 2.67 bits per heavy atom. The summed E-state index contributed by atoms with van der Waals surface area (Å²) >= 11 is 0. The molecule has 1 unspecified atom stereocenters. The van der Waals surface area contributed by atoms with Crippen molar-refractivity contribution in [3.8, 4) is 5.75 Å². The van der Waals surface area contributed by atoms with Gasteiger partial charge in [0.2, 0.25) is 5.91 Å². The fourth-order valence-corrected chi connectivity index (χ4v) is 4.31. The third-order valence-electron chi connectivity index (χ3n) is 6.03. The van der Waals surface area contributed by atoms with Gasteiger partial charge in [-0.15, -0.1) is 0 Å². The van der Waals surface area contributed by atoms with Gasteiger partial charge in [0.05, 0.1) is 6.61 Å². The standard InChI is InChI=1S/C22H32N2O3/c1-16-13-20(6-7-21(16)19-14-22(26)23(3)15-19)27-12-4-5-18-8-10-24(11-9-18)17(2)25/h6-7,13,18-19,25H,2,4-5,8-12,14-15H2,1,3H3. The summed E-state index contributed by atoms with van der Waals surface area (Å²) in [7, 11) is 1.87. The Morgan fingerprint density at radius 2 is 2.07 bits per heavy atom. The predicted molar refractivity (Wildman–Crippen MR) is 107 cm³/mol. The Kier molecular flexibility index (Phi) is 6.30. The highest BCUT2D eigenvalue weighted by Crippen LogP contribution is 2.31. The molecule has 148 valence electrons. The Balaban J connectivity index is 1.41. The van der Waals surface area contributed by atoms with Crippen LogP contribution in [0.2, 0.25) is 0 Å². The molecular weight excluding hydrogens is 340 g/mol. The molecule has 1 aromatic carbocycles. The van der Waals surface area contributed by atoms with Crippen LogP contribution >= 0.6 is 0 Å². The van der Waals surface area contributed by atoms with E-state index in [1.54, 1.807) is 0 Å². The van der Waals surface area contributed by atoms with Gasteiger partial charge in [-0.05, 0) is 68.4 Å². The lowest BCUT2D eigenvalue weighted by molar-refractivity contribution is -0.126. The highest BCUT2D eigenvalue weighted by Gasteiger charge is 2.28. The van der Waals surface area contributed by atoms with Gasteiger partial charge in [-0.25, -0.2) is 0 Å². The molecule has 2 heterocycles. The number of amides is 1. The summed E-state index contributed by atoms with van der Waals surface area (Å²) in [5, 5.41) is 9.43. The molecule has 1 N–H and O–H groups in total. The monoisotopic (exact) mass is 372 g/mol. The first-order valence-corrected chi connectivity index (χ1v) is 10.0. The van der Waals surface area contributed by atoms with E-state index in [2.05, 4.69) is 25.6 Å². The van der Waals surface area contributed by atoms with Crippen LogP contribution in [-0.2, 0) is 4.79 Å². The fourth-order valence-electron chi connectivity index (χ4n) is 4.31. The molecule has 2 fully saturated rings. The van der Waals surface area contributed by atoms with Gasteiger partial charge in [-0.3, -0.25) is 4.79 Å². The van der Waals surface area contributed by atoms with Crippen LogP contribution in [0.4, 0.5) is 0 Å². The van der Waals surface area contributed by atoms with Crippen LogP contribution in [0.3, 0.4) is 0 Å². The zero-order valence-corrected chi connectivity index (χ0v) is 16.6. The number of benzene rings is 1. The second-order valence-electron chi connectivity index (χ2n) is 8.03. The summed E-state index contributed by atoms with van der Waals surface area (Å²) in [6, 6.07) is 6.26. The van der Waals surface area contributed by atoms with Crippen molar-refractivity contribution in [3.05, 3.63) is 41.8 Å². The lowest BCUT2D eigenvalue weighted by Crippen LogP contribution is -2.32. The highest BCUT2D eigenvalue weighted by atomic mass is 16.5. The molecule has 0 aliphatic carbocycles. The first-order valence-electron chi connectivity index (χ1n) is 10.0. The zero-order chi connectivity index (χ0) is 19.4. The second kappa shape index (κ2) is 8.68. The molecule has 5 nitrogen and oxygen atoms in total. The average Bonchev–Trinajstić information content (AvgIpc) is 2.97. The maximum absolute atomic E-state index is 11.8. The minimum atomic E-state index is 0.198. The van der Waals surface area contributed by atoms with Crippen LogP contribution in [0.5, 0.6) is 5.75 Å². The van der Waals surface area contributed by atoms with Gasteiger partial charge in [0, 0.05) is 39.0 Å². The molecule has 0 aromatic heterocycles. The molecule has 5 heteroatoms. The molecule has 2 aliphatic heterocycles. The Bertz CT molecular complexity index is 680. The Hall–Kier alpha value is -2.17. The first kappa shape index (κ1) is 19.6. The van der Waals surface area contributed by atoms with E-state index in [1.165, 1.54) is 17.5 Å². The lowest BCUT2D eigenvalue weighted by Gasteiger charge is -2.32. The molecule has 1 atom stereocenters. The molecule has 0 radical (unpaired) electrons. The molecule has 27 heavy (non-hydrogen) atoms. The summed E-state index contributed by atoms with van der Waals surface area (Å²) in [5.41, 5.74) is 2.47. The van der Waals surface area contributed by atoms with Crippen LogP contribution in [0.15, 0.2) is 30.7 Å². The van der Waals surface area contributed by atoms with Crippen molar-refractivity contribution in [3.63, 3.8) is 0 Å². The maximum atomic E-state index is 11.8. The zero-order valence-electron chi connectivity index (χ0n) is 16.6. The number of carbonyl (C=O) groups excluding carboxylic acids is 1. The topological polar surface area (TPSA) is 53.0 Å². The summed E-state index contributed by atoms with van der Waals surface area (Å²) in [6.45, 7) is 9.05. The number of rotatable bonds is 7. The Labute approximate surface area is 162 Å². The third-order valence-corrected chi connectivity index (χ3v) is 6.03. The summed E-state index contributed by atoms with van der Waals surface area (Å²) in [5.74, 6) is 2.36. The number of ether oxygens (including phenoxy) is 1. The first-order chi connectivity index (χ1) is 12.9. The number of nitrogens with zero attached hydrogens (tertiary/aromatic N) is 2. The predicted octanol–water partition coefficient (Wildman–Crippen LogP) is 3.84. The molecule has 1 amide bonds. The van der Waals surface area contributed by atoms with E-state index in [4.69, 9.17) is 4.74 Å². The number of likely N-dealkylation sites (tertiary alicyclic amines) is 2. The number of aliphatic hydroxyl groups excluding tert-OH is 1. The summed E-state index contributed by atoms with van der Waals surface area (Å²) < 4.78 is 5.96. The van der Waals surface area contributed by atoms with Crippen molar-refractivity contribution in [2.24, 2.45) is 5.92 Å². The van der Waals surface area contributed by atoms with Crippen LogP contribution in [0.25, 0.3) is 0 Å². The van der Waals surface area contributed by atoms with E-state index in [1.807, 2.05) is 22.9 Å². The van der Waals surface area contributed by atoms with Gasteiger partial charge in [0.25, 0.3) is 0 Å². The van der Waals surface area contributed by atoms with Crippen molar-refractivity contribution in [2.45, 2.75) is 44.9 Å². The maximum Gasteiger partial charge on any atom is 0.223 e. The van der Waals surface area contributed by atoms with E-state index >= 15 is 0 Å². The van der Waals surface area contributed by atoms with Gasteiger partial charge in [-0.1, -0.05) is 6.07 Å². The van der Waals surface area contributed by atoms with Gasteiger partial charge in [0.15, 0.2) is 5.88 Å². The van der Waals surface area contributed by atoms with Crippen LogP contribution < -0.4 is 4.74 Å². The van der Waals surface area contributed by atoms with Crippen molar-refractivity contribution >= 4 is 5.91 Å². The second-order valence-corrected chi connectivity index (χ2v) is 8.03. The molecule has 0 bridgehead atoms. The number of piperidine rings is 1. The van der Waals surface area contributed by atoms with Crippen molar-refractivity contribution in [1.29, 1.82) is 0 Å². The molecule has 2 aliphatic rings. The molecule has 0 saturated carbocycles. The van der Waals surface area contributed by atoms with Gasteiger partial charge in [-0.2, -0.15) is 0 Å². The van der Waals surface area contributed by atoms with Crippen LogP contribution in [-0.4, -0.2) is 54.1 Å². The Morgan fingerprint density at radius 1 is 1.33 bits per heavy atom. The average molecular weight is 373 g/mol. The highest BCUT2D eigenvalue weighted by molar-refractivity contribution is 5.79. The number of aliphatic hydroxyl groups is 1. The largest absolute Gasteiger partial charge is 0.495 e. The van der Waals surface area contributed by atoms with E-state index in [0.717, 1.165) is 51.3 Å². The smallest absolute Gasteiger partial charge is 0.223 e. The number of likely N-dealkylation sites (N-methyl/N-ethyl adjacent to an activating group) is 1. The van der Waals surface area contributed by atoms with E-state index in [-0.39, 0.29) is 11.8 Å². The fraction of sp³-hybridized carbons (Fsp3) is 0.591. The minimum absolute atomic E-state index is 0.198. The quantitative estimate of drug-likeness (QED) is 0.584. The van der Waals surface area contributed by atoms with Crippen LogP contribution in [0.1, 0.15) is 49.1 Å². The number of hydrogen-bond acceptors (Lipinski definition) is 4. The van der Waals surface area contributed by atoms with Gasteiger partial charge in [0.1, 0.15) is 5.75 Å². The molecule has 1 aromatic rings. The minimum Gasteiger partial charge on any atom is -0.495 e. The number of aryl methyl sites for hydroxylation is 1. The van der Waals surface area contributed by atoms with Gasteiger partial charge >= 0.3 is 0 Å². The molecular formula is C22H32N2O3. The van der Waals surface area contributed by atoms with Crippen molar-refractivity contribution in [2.75, 3.05) is 33.3 Å². The number of hydrogen-bond donors (Lipinski definition) is 1. The SMILES string of the molecule is C=C(O)N1CCC(CCCOc2ccc(C3CC(=O)N(C)C3)c(C)c2)CC1. The van der Waals surface area contributed by atoms with E-state index < -0.39 is 0 Å². The molecule has 2 saturated heterocycles. The third kappa shape index (κ3) is 4.96. The molecule has 0 spiro atoms. The van der Waals surface area contributed by atoms with Crippen LogP contribution in [0, 0.1) is 12.8 Å². The number of carbonyl (C=O) groups is 1. The lowest BCUT2D eigenvalue weighted by atomic mass is 9.92. The van der Waals surface area contributed by atoms with E-state index in [9.17, 15) is 9.90 Å². The van der Waals surface area contributed by atoms with Crippen molar-refractivity contribution < 1.29 is 14.6 Å². The molecule has 3 rings (SSSR count). The van der Waals surface area contributed by atoms with Gasteiger partial charge < -0.3 is 19.6 Å². The van der Waals surface area contributed by atoms with Crippen molar-refractivity contribution in [1.82, 2.24) is 9.80 Å². The van der Waals surface area contributed by atoms with E-state index in [0.29, 0.717) is 18.3 Å². The summed E-state index contributed by atoms with van der Waals surface area (Å²) in [6.07, 6.45) is 5.05. The normalized spacial score (nSPS) is 21.0. The summed E-state index contributed by atoms with van der Waals surface area (Å²) in [4.78, 5) is 15.5.